The second-order valence-corrected chi connectivity index (χ2v) is 9.13. The van der Waals surface area contributed by atoms with Crippen molar-refractivity contribution in [2.24, 2.45) is 5.92 Å². The van der Waals surface area contributed by atoms with Gasteiger partial charge in [-0.2, -0.15) is 13.2 Å². The lowest BCUT2D eigenvalue weighted by Gasteiger charge is -2.24. The van der Waals surface area contributed by atoms with E-state index in [9.17, 15) is 22.8 Å². The summed E-state index contributed by atoms with van der Waals surface area (Å²) in [4.78, 5) is 25.7. The van der Waals surface area contributed by atoms with E-state index in [1.807, 2.05) is 24.3 Å². The molecule has 1 unspecified atom stereocenters. The number of ether oxygens (including phenoxy) is 1. The summed E-state index contributed by atoms with van der Waals surface area (Å²) in [6, 6.07) is 10.8. The van der Waals surface area contributed by atoms with Crippen LogP contribution in [0, 0.1) is 5.92 Å². The molecule has 0 bridgehead atoms. The van der Waals surface area contributed by atoms with Gasteiger partial charge in [-0.1, -0.05) is 38.2 Å². The summed E-state index contributed by atoms with van der Waals surface area (Å²) < 4.78 is 44.4. The molecule has 2 aromatic carbocycles. The van der Waals surface area contributed by atoms with Gasteiger partial charge in [-0.05, 0) is 61.2 Å². The Kier molecular flexibility index (Phi) is 10.0. The van der Waals surface area contributed by atoms with Crippen molar-refractivity contribution in [3.05, 3.63) is 59.7 Å². The molecule has 9 heteroatoms. The van der Waals surface area contributed by atoms with Gasteiger partial charge in [0.25, 0.3) is 5.91 Å². The number of carbonyl (C=O) groups is 2. The number of methoxy groups -OCH3 is 1. The number of alkyl halides is 3. The van der Waals surface area contributed by atoms with Gasteiger partial charge in [-0.15, -0.1) is 0 Å². The van der Waals surface area contributed by atoms with Crippen molar-refractivity contribution in [1.82, 2.24) is 10.6 Å². The molecule has 2 amide bonds. The van der Waals surface area contributed by atoms with Gasteiger partial charge < -0.3 is 20.7 Å². The topological polar surface area (TPSA) is 79.5 Å². The maximum Gasteiger partial charge on any atom is 0.416 e. The highest BCUT2D eigenvalue weighted by Gasteiger charge is 2.31. The van der Waals surface area contributed by atoms with Crippen molar-refractivity contribution in [2.75, 3.05) is 25.5 Å². The number of nitrogens with one attached hydrogen (secondary N) is 3. The second kappa shape index (κ2) is 13.2. The molecule has 0 radical (unpaired) electrons. The van der Waals surface area contributed by atoms with Gasteiger partial charge in [0, 0.05) is 24.3 Å². The molecule has 3 N–H and O–H groups in total. The minimum absolute atomic E-state index is 0.124. The molecule has 1 fully saturated rings. The molecule has 0 aliphatic heterocycles. The highest BCUT2D eigenvalue weighted by molar-refractivity contribution is 5.97. The third-order valence-electron chi connectivity index (χ3n) is 6.51. The minimum Gasteiger partial charge on any atom is -0.497 e. The molecule has 36 heavy (non-hydrogen) atoms. The molecule has 0 heterocycles. The van der Waals surface area contributed by atoms with Gasteiger partial charge in [0.2, 0.25) is 5.91 Å². The standard InChI is InChI=1S/C27H34F3N3O3/c1-36-23-13-11-22(12-14-23)31-16-17-32-26(35)24(15-10-19-6-3-2-4-7-19)33-25(34)20-8-5-9-21(18-20)27(28,29)30/h5,8-9,11-14,18-19,24,31H,2-4,6-7,10,15-17H2,1H3,(H,32,35)(H,33,34). The maximum absolute atomic E-state index is 13.1. The molecule has 1 atom stereocenters. The number of benzene rings is 2. The van der Waals surface area contributed by atoms with Crippen LogP contribution in [0.2, 0.25) is 0 Å². The number of anilines is 1. The summed E-state index contributed by atoms with van der Waals surface area (Å²) in [6.07, 6.45) is 2.41. The van der Waals surface area contributed by atoms with E-state index >= 15 is 0 Å². The van der Waals surface area contributed by atoms with Crippen LogP contribution in [0.4, 0.5) is 18.9 Å². The number of hydrogen-bond acceptors (Lipinski definition) is 4. The molecule has 0 spiro atoms. The molecule has 1 saturated carbocycles. The Bertz CT molecular complexity index is 990. The van der Waals surface area contributed by atoms with Crippen LogP contribution >= 0.6 is 0 Å². The van der Waals surface area contributed by atoms with E-state index in [2.05, 4.69) is 16.0 Å². The first kappa shape index (κ1) is 27.4. The van der Waals surface area contributed by atoms with Gasteiger partial charge in [-0.25, -0.2) is 0 Å². The third-order valence-corrected chi connectivity index (χ3v) is 6.51. The lowest BCUT2D eigenvalue weighted by atomic mass is 9.85. The molecule has 3 rings (SSSR count). The van der Waals surface area contributed by atoms with Crippen molar-refractivity contribution in [3.63, 3.8) is 0 Å². The van der Waals surface area contributed by atoms with E-state index in [1.165, 1.54) is 18.6 Å². The summed E-state index contributed by atoms with van der Waals surface area (Å²) in [5.74, 6) is 0.200. The number of carbonyl (C=O) groups excluding carboxylic acids is 2. The molecule has 0 saturated heterocycles. The van der Waals surface area contributed by atoms with Crippen molar-refractivity contribution >= 4 is 17.5 Å². The highest BCUT2D eigenvalue weighted by atomic mass is 19.4. The molecule has 1 aliphatic rings. The highest BCUT2D eigenvalue weighted by Crippen LogP contribution is 2.30. The van der Waals surface area contributed by atoms with Crippen LogP contribution in [0.3, 0.4) is 0 Å². The Morgan fingerprint density at radius 1 is 1.03 bits per heavy atom. The fourth-order valence-electron chi connectivity index (χ4n) is 4.45. The van der Waals surface area contributed by atoms with Crippen LogP contribution < -0.4 is 20.7 Å². The minimum atomic E-state index is -4.55. The normalized spacial score (nSPS) is 15.1. The van der Waals surface area contributed by atoms with Crippen LogP contribution in [-0.2, 0) is 11.0 Å². The van der Waals surface area contributed by atoms with Crippen LogP contribution in [0.25, 0.3) is 0 Å². The third kappa shape index (κ3) is 8.46. The van der Waals surface area contributed by atoms with Crippen molar-refractivity contribution in [1.29, 1.82) is 0 Å². The van der Waals surface area contributed by atoms with Gasteiger partial charge in [0.1, 0.15) is 11.8 Å². The smallest absolute Gasteiger partial charge is 0.416 e. The molecular weight excluding hydrogens is 471 g/mol. The first-order chi connectivity index (χ1) is 17.3. The van der Waals surface area contributed by atoms with Crippen molar-refractivity contribution < 1.29 is 27.5 Å². The Balaban J connectivity index is 1.58. The van der Waals surface area contributed by atoms with E-state index in [4.69, 9.17) is 4.74 Å². The van der Waals surface area contributed by atoms with Crippen LogP contribution in [0.15, 0.2) is 48.5 Å². The summed E-state index contributed by atoms with van der Waals surface area (Å²) in [5, 5.41) is 8.70. The Morgan fingerprint density at radius 2 is 1.75 bits per heavy atom. The molecule has 196 valence electrons. The lowest BCUT2D eigenvalue weighted by Crippen LogP contribution is -2.47. The summed E-state index contributed by atoms with van der Waals surface area (Å²) in [6.45, 7) is 0.791. The largest absolute Gasteiger partial charge is 0.497 e. The quantitative estimate of drug-likeness (QED) is 0.357. The Labute approximate surface area is 210 Å². The van der Waals surface area contributed by atoms with E-state index in [0.29, 0.717) is 25.4 Å². The second-order valence-electron chi connectivity index (χ2n) is 9.13. The number of amides is 2. The number of halogens is 3. The van der Waals surface area contributed by atoms with E-state index in [1.54, 1.807) is 7.11 Å². The van der Waals surface area contributed by atoms with E-state index in [-0.39, 0.29) is 11.5 Å². The zero-order chi connectivity index (χ0) is 26.0. The van der Waals surface area contributed by atoms with E-state index in [0.717, 1.165) is 55.7 Å². The number of rotatable bonds is 11. The van der Waals surface area contributed by atoms with Gasteiger partial charge in [0.05, 0.1) is 12.7 Å². The van der Waals surface area contributed by atoms with Gasteiger partial charge in [-0.3, -0.25) is 9.59 Å². The van der Waals surface area contributed by atoms with E-state index < -0.39 is 23.7 Å². The molecule has 6 nitrogen and oxygen atoms in total. The molecular formula is C27H34F3N3O3. The fraction of sp³-hybridized carbons (Fsp3) is 0.481. The zero-order valence-corrected chi connectivity index (χ0v) is 20.5. The van der Waals surface area contributed by atoms with Crippen LogP contribution in [0.5, 0.6) is 5.75 Å². The lowest BCUT2D eigenvalue weighted by molar-refractivity contribution is -0.137. The predicted octanol–water partition coefficient (Wildman–Crippen LogP) is 5.40. The average molecular weight is 506 g/mol. The summed E-state index contributed by atoms with van der Waals surface area (Å²) in [7, 11) is 1.59. The fourth-order valence-corrected chi connectivity index (χ4v) is 4.45. The van der Waals surface area contributed by atoms with Crippen LogP contribution in [0.1, 0.15) is 60.9 Å². The van der Waals surface area contributed by atoms with Crippen molar-refractivity contribution in [3.8, 4) is 5.75 Å². The zero-order valence-electron chi connectivity index (χ0n) is 20.5. The van der Waals surface area contributed by atoms with Crippen LogP contribution in [-0.4, -0.2) is 38.1 Å². The molecule has 0 aromatic heterocycles. The first-order valence-electron chi connectivity index (χ1n) is 12.4. The summed E-state index contributed by atoms with van der Waals surface area (Å²) in [5.41, 5.74) is -0.152. The van der Waals surface area contributed by atoms with Crippen molar-refractivity contribution in [2.45, 2.75) is 57.2 Å². The molecule has 1 aliphatic carbocycles. The average Bonchev–Trinajstić information content (AvgIpc) is 2.89. The monoisotopic (exact) mass is 505 g/mol. The predicted molar refractivity (Wildman–Crippen MR) is 133 cm³/mol. The first-order valence-corrected chi connectivity index (χ1v) is 12.4. The Hall–Kier alpha value is -3.23. The SMILES string of the molecule is COc1ccc(NCCNC(=O)C(CCC2CCCCC2)NC(=O)c2cccc(C(F)(F)F)c2)cc1. The van der Waals surface area contributed by atoms with Gasteiger partial charge in [0.15, 0.2) is 0 Å². The number of hydrogen-bond donors (Lipinski definition) is 3. The molecule has 2 aromatic rings. The summed E-state index contributed by atoms with van der Waals surface area (Å²) >= 11 is 0. The van der Waals surface area contributed by atoms with Gasteiger partial charge >= 0.3 is 6.18 Å². The Morgan fingerprint density at radius 3 is 2.42 bits per heavy atom. The maximum atomic E-state index is 13.1.